The quantitative estimate of drug-likeness (QED) is 0.163. The first kappa shape index (κ1) is 32.3. The Morgan fingerprint density at radius 2 is 1.61 bits per heavy atom. The molecule has 0 bridgehead atoms. The topological polar surface area (TPSA) is 93.5 Å². The number of hydrogen-bond acceptors (Lipinski definition) is 4. The molecular weight excluding hydrogens is 595 g/mol. The molecular formula is C36H34F3N3O4. The molecule has 7 nitrogen and oxygen atoms in total. The first-order valence-electron chi connectivity index (χ1n) is 14.8. The summed E-state index contributed by atoms with van der Waals surface area (Å²) in [6, 6.07) is 23.9. The molecule has 5 aromatic rings. The Kier molecular flexibility index (Phi) is 9.18. The van der Waals surface area contributed by atoms with Gasteiger partial charge >= 0.3 is 12.1 Å². The Bertz CT molecular complexity index is 1880. The molecule has 0 saturated heterocycles. The van der Waals surface area contributed by atoms with Crippen molar-refractivity contribution in [3.8, 4) is 28.1 Å². The van der Waals surface area contributed by atoms with Gasteiger partial charge in [0.1, 0.15) is 11.4 Å². The fourth-order valence-corrected chi connectivity index (χ4v) is 5.57. The van der Waals surface area contributed by atoms with Crippen LogP contribution in [0.3, 0.4) is 0 Å². The van der Waals surface area contributed by atoms with Gasteiger partial charge in [0.05, 0.1) is 30.7 Å². The highest BCUT2D eigenvalue weighted by molar-refractivity contribution is 5.97. The van der Waals surface area contributed by atoms with E-state index in [0.29, 0.717) is 16.6 Å². The van der Waals surface area contributed by atoms with Gasteiger partial charge in [-0.3, -0.25) is 14.3 Å². The van der Waals surface area contributed by atoms with Crippen LogP contribution in [0.25, 0.3) is 33.3 Å². The van der Waals surface area contributed by atoms with E-state index in [1.54, 1.807) is 12.1 Å². The zero-order valence-electron chi connectivity index (χ0n) is 25.9. The third-order valence-electron chi connectivity index (χ3n) is 7.91. The van der Waals surface area contributed by atoms with Gasteiger partial charge in [-0.1, -0.05) is 61.9 Å². The standard InChI is InChI=1S/C36H34F3N3O4/c1-21(2)34(24-9-11-25(12-10-24)35(45)40-18-17-32(43)44)42-30-19-26(23-7-5-22(3)6-8-23)13-15-28(30)33(41-42)29-20-27(36(37,38)39)14-16-31(29)46-4/h5-16,19-21,34H,17-18H2,1-4H3,(H,40,45)(H,43,44). The predicted molar refractivity (Wildman–Crippen MR) is 171 cm³/mol. The van der Waals surface area contributed by atoms with E-state index in [4.69, 9.17) is 14.9 Å². The van der Waals surface area contributed by atoms with Crippen LogP contribution in [-0.4, -0.2) is 40.4 Å². The number of halogens is 3. The zero-order chi connectivity index (χ0) is 33.2. The molecule has 4 aromatic carbocycles. The van der Waals surface area contributed by atoms with Crippen LogP contribution in [0.15, 0.2) is 84.9 Å². The lowest BCUT2D eigenvalue weighted by Gasteiger charge is -2.23. The highest BCUT2D eigenvalue weighted by Gasteiger charge is 2.32. The Labute approximate surface area is 264 Å². The summed E-state index contributed by atoms with van der Waals surface area (Å²) < 4.78 is 48.9. The smallest absolute Gasteiger partial charge is 0.416 e. The lowest BCUT2D eigenvalue weighted by atomic mass is 9.94. The van der Waals surface area contributed by atoms with Gasteiger partial charge in [-0.15, -0.1) is 0 Å². The number of hydrogen-bond donors (Lipinski definition) is 2. The molecule has 1 atom stereocenters. The number of aromatic nitrogens is 2. The molecule has 1 aromatic heterocycles. The molecule has 1 amide bonds. The minimum atomic E-state index is -4.56. The number of rotatable bonds is 10. The molecule has 0 saturated carbocycles. The fraction of sp³-hybridized carbons (Fsp3) is 0.250. The number of aryl methyl sites for hydroxylation is 1. The van der Waals surface area contributed by atoms with Crippen molar-refractivity contribution in [2.24, 2.45) is 5.92 Å². The molecule has 0 aliphatic heterocycles. The van der Waals surface area contributed by atoms with Crippen molar-refractivity contribution in [3.05, 3.63) is 107 Å². The first-order chi connectivity index (χ1) is 21.9. The number of nitrogens with one attached hydrogen (secondary N) is 1. The maximum atomic E-state index is 13.8. The minimum absolute atomic E-state index is 0.00884. The van der Waals surface area contributed by atoms with Crippen molar-refractivity contribution in [2.45, 2.75) is 39.4 Å². The first-order valence-corrected chi connectivity index (χ1v) is 14.8. The van der Waals surface area contributed by atoms with E-state index in [1.165, 1.54) is 13.2 Å². The van der Waals surface area contributed by atoms with Gasteiger partial charge < -0.3 is 15.2 Å². The van der Waals surface area contributed by atoms with Crippen LogP contribution in [0, 0.1) is 12.8 Å². The third-order valence-corrected chi connectivity index (χ3v) is 7.91. The molecule has 0 aliphatic rings. The van der Waals surface area contributed by atoms with Crippen molar-refractivity contribution in [1.29, 1.82) is 0 Å². The van der Waals surface area contributed by atoms with Crippen LogP contribution in [0.1, 0.15) is 53.4 Å². The summed E-state index contributed by atoms with van der Waals surface area (Å²) in [7, 11) is 1.41. The van der Waals surface area contributed by atoms with E-state index < -0.39 is 17.7 Å². The summed E-state index contributed by atoms with van der Waals surface area (Å²) in [6.45, 7) is 6.07. The number of carboxylic acid groups (broad SMARTS) is 1. The maximum absolute atomic E-state index is 13.8. The summed E-state index contributed by atoms with van der Waals surface area (Å²) in [6.07, 6.45) is -4.74. The van der Waals surface area contributed by atoms with Gasteiger partial charge in [-0.05, 0) is 72.0 Å². The summed E-state index contributed by atoms with van der Waals surface area (Å²) in [4.78, 5) is 23.4. The van der Waals surface area contributed by atoms with Gasteiger partial charge in [0.2, 0.25) is 0 Å². The Morgan fingerprint density at radius 3 is 2.22 bits per heavy atom. The molecule has 0 spiro atoms. The average Bonchev–Trinajstić information content (AvgIpc) is 3.38. The summed E-state index contributed by atoms with van der Waals surface area (Å²) in [5.41, 5.74) is 4.73. The molecule has 0 aliphatic carbocycles. The fourth-order valence-electron chi connectivity index (χ4n) is 5.57. The largest absolute Gasteiger partial charge is 0.496 e. The molecule has 5 rings (SSSR count). The molecule has 0 radical (unpaired) electrons. The number of ether oxygens (including phenoxy) is 1. The average molecular weight is 630 g/mol. The van der Waals surface area contributed by atoms with E-state index in [2.05, 4.69) is 5.32 Å². The molecule has 1 heterocycles. The number of carboxylic acids is 1. The Hall–Kier alpha value is -5.12. The lowest BCUT2D eigenvalue weighted by Crippen LogP contribution is -2.26. The Balaban J connectivity index is 1.67. The van der Waals surface area contributed by atoms with Crippen LogP contribution < -0.4 is 10.1 Å². The number of alkyl halides is 3. The number of aliphatic carboxylic acids is 1. The summed E-state index contributed by atoms with van der Waals surface area (Å²) in [5, 5.41) is 17.1. The van der Waals surface area contributed by atoms with Crippen molar-refractivity contribution >= 4 is 22.8 Å². The number of carbonyl (C=O) groups is 2. The molecule has 2 N–H and O–H groups in total. The van der Waals surface area contributed by atoms with Crippen LogP contribution >= 0.6 is 0 Å². The van der Waals surface area contributed by atoms with E-state index in [1.807, 2.05) is 80.1 Å². The number of fused-ring (bicyclic) bond motifs is 1. The second-order valence-electron chi connectivity index (χ2n) is 11.5. The van der Waals surface area contributed by atoms with Crippen molar-refractivity contribution in [1.82, 2.24) is 15.1 Å². The maximum Gasteiger partial charge on any atom is 0.416 e. The third kappa shape index (κ3) is 6.75. The highest BCUT2D eigenvalue weighted by Crippen LogP contribution is 2.42. The van der Waals surface area contributed by atoms with Gasteiger partial charge in [0.25, 0.3) is 5.91 Å². The lowest BCUT2D eigenvalue weighted by molar-refractivity contribution is -0.138. The summed E-state index contributed by atoms with van der Waals surface area (Å²) in [5.74, 6) is -1.14. The second kappa shape index (κ2) is 13.1. The highest BCUT2D eigenvalue weighted by atomic mass is 19.4. The van der Waals surface area contributed by atoms with Crippen molar-refractivity contribution in [3.63, 3.8) is 0 Å². The van der Waals surface area contributed by atoms with E-state index >= 15 is 0 Å². The summed E-state index contributed by atoms with van der Waals surface area (Å²) >= 11 is 0. The predicted octanol–water partition coefficient (Wildman–Crippen LogP) is 8.16. The molecule has 0 fully saturated rings. The van der Waals surface area contributed by atoms with Gasteiger partial charge in [-0.25, -0.2) is 0 Å². The SMILES string of the molecule is COc1ccc(C(F)(F)F)cc1-c1nn(C(c2ccc(C(=O)NCCC(=O)O)cc2)C(C)C)c2cc(-c3ccc(C)cc3)ccc12. The van der Waals surface area contributed by atoms with Crippen LogP contribution in [-0.2, 0) is 11.0 Å². The van der Waals surface area contributed by atoms with Crippen molar-refractivity contribution in [2.75, 3.05) is 13.7 Å². The second-order valence-corrected chi connectivity index (χ2v) is 11.5. The van der Waals surface area contributed by atoms with E-state index in [9.17, 15) is 22.8 Å². The monoisotopic (exact) mass is 629 g/mol. The molecule has 46 heavy (non-hydrogen) atoms. The van der Waals surface area contributed by atoms with E-state index in [0.717, 1.165) is 39.9 Å². The number of carbonyl (C=O) groups excluding carboxylic acids is 1. The number of amides is 1. The molecule has 1 unspecified atom stereocenters. The number of nitrogens with zero attached hydrogens (tertiary/aromatic N) is 2. The van der Waals surface area contributed by atoms with Crippen LogP contribution in [0.4, 0.5) is 13.2 Å². The normalized spacial score (nSPS) is 12.3. The molecule has 10 heteroatoms. The van der Waals surface area contributed by atoms with Gasteiger partial charge in [0, 0.05) is 23.1 Å². The minimum Gasteiger partial charge on any atom is -0.496 e. The van der Waals surface area contributed by atoms with Crippen LogP contribution in [0.2, 0.25) is 0 Å². The number of benzene rings is 4. The number of methoxy groups -OCH3 is 1. The molecule has 238 valence electrons. The zero-order valence-corrected chi connectivity index (χ0v) is 25.9. The Morgan fingerprint density at radius 1 is 0.935 bits per heavy atom. The van der Waals surface area contributed by atoms with Gasteiger partial charge in [-0.2, -0.15) is 18.3 Å². The van der Waals surface area contributed by atoms with Gasteiger partial charge in [0.15, 0.2) is 0 Å². The van der Waals surface area contributed by atoms with Crippen LogP contribution in [0.5, 0.6) is 5.75 Å². The van der Waals surface area contributed by atoms with Crippen molar-refractivity contribution < 1.29 is 32.6 Å². The van der Waals surface area contributed by atoms with E-state index in [-0.39, 0.29) is 42.1 Å².